The molecule has 6 rings (SSSR count). The standard InChI is InChI=1S/2C17H14N4O3.Cr.Na/c2*1-11-15(16(22)21(20-11)12-7-3-2-4-8-12)19-18-14-10-6-5-9-13(14)17(23)24;;/h2*2-10H,1H3,(H2,18,20,22,23,24);;/q;;+3;+1/p-4. The molecule has 14 nitrogen and oxygen atoms in total. The molecule has 0 atom stereocenters. The second-order valence-corrected chi connectivity index (χ2v) is 9.98. The summed E-state index contributed by atoms with van der Waals surface area (Å²) >= 11 is 0. The van der Waals surface area contributed by atoms with Crippen LogP contribution in [0.5, 0.6) is 0 Å². The van der Waals surface area contributed by atoms with Gasteiger partial charge in [-0.2, -0.15) is 0 Å². The summed E-state index contributed by atoms with van der Waals surface area (Å²) in [6, 6.07) is 29.9. The number of aryl methyl sites for hydroxylation is 2. The molecule has 0 aliphatic carbocycles. The summed E-state index contributed by atoms with van der Waals surface area (Å²) in [6.45, 7) is 3.28. The van der Waals surface area contributed by atoms with E-state index in [0.29, 0.717) is 22.8 Å². The van der Waals surface area contributed by atoms with Crippen LogP contribution in [0.1, 0.15) is 32.1 Å². The van der Waals surface area contributed by atoms with Crippen molar-refractivity contribution in [3.63, 3.8) is 0 Å². The van der Waals surface area contributed by atoms with Crippen molar-refractivity contribution in [1.29, 1.82) is 0 Å². The van der Waals surface area contributed by atoms with Gasteiger partial charge in [-0.05, 0) is 36.4 Å². The number of nitrogens with zero attached hydrogens (tertiary/aromatic N) is 8. The number of hydrogen-bond acceptors (Lipinski definition) is 10. The fourth-order valence-electron chi connectivity index (χ4n) is 4.39. The van der Waals surface area contributed by atoms with E-state index in [-0.39, 0.29) is 80.8 Å². The van der Waals surface area contributed by atoms with Crippen LogP contribution >= 0.6 is 0 Å². The maximum absolute atomic E-state index is 12.4. The van der Waals surface area contributed by atoms with Crippen molar-refractivity contribution in [2.24, 2.45) is 20.5 Å². The number of benzene rings is 4. The summed E-state index contributed by atoms with van der Waals surface area (Å²) < 4.78 is 2.46. The van der Waals surface area contributed by atoms with E-state index >= 15 is 0 Å². The van der Waals surface area contributed by atoms with Crippen molar-refractivity contribution in [2.75, 3.05) is 0 Å². The maximum atomic E-state index is 12.4. The van der Waals surface area contributed by atoms with Gasteiger partial charge >= 0.3 is 46.9 Å². The average molecular weight is 716 g/mol. The molecule has 243 valence electrons. The second-order valence-electron chi connectivity index (χ2n) is 9.98. The van der Waals surface area contributed by atoms with Crippen molar-refractivity contribution in [1.82, 2.24) is 19.6 Å². The molecule has 2 heterocycles. The zero-order chi connectivity index (χ0) is 34.2. The summed E-state index contributed by atoms with van der Waals surface area (Å²) in [5.41, 5.74) is 1.35. The molecule has 0 amide bonds. The van der Waals surface area contributed by atoms with E-state index < -0.39 is 23.1 Å². The smallest absolute Gasteiger partial charge is 0.589 e. The Bertz CT molecular complexity index is 2120. The molecular formula is C34H24CrN8NaO6. The number of carboxylic acids is 2. The average Bonchev–Trinajstić information content (AvgIpc) is 3.55. The Labute approximate surface area is 317 Å². The first-order valence-electron chi connectivity index (χ1n) is 14.2. The number of hydrogen-bond donors (Lipinski definition) is 0. The third-order valence-corrected chi connectivity index (χ3v) is 6.74. The molecule has 0 saturated heterocycles. The van der Waals surface area contributed by atoms with Gasteiger partial charge in [0.1, 0.15) is 11.4 Å². The number of aromatic carboxylic acids is 2. The molecule has 6 aromatic rings. The van der Waals surface area contributed by atoms with Gasteiger partial charge in [-0.25, -0.2) is 0 Å². The van der Waals surface area contributed by atoms with E-state index in [2.05, 4.69) is 30.7 Å². The van der Waals surface area contributed by atoms with Crippen molar-refractivity contribution >= 4 is 34.7 Å². The molecule has 0 aliphatic heterocycles. The van der Waals surface area contributed by atoms with Gasteiger partial charge in [0.2, 0.25) is 0 Å². The molecule has 0 spiro atoms. The van der Waals surface area contributed by atoms with Crippen LogP contribution in [0, 0.1) is 13.8 Å². The number of carbonyl (C=O) groups excluding carboxylic acids is 2. The Balaban J connectivity index is 0.000000260. The summed E-state index contributed by atoms with van der Waals surface area (Å²) in [7, 11) is 0. The predicted octanol–water partition coefficient (Wildman–Crippen LogP) is 0.766. The van der Waals surface area contributed by atoms with Crippen LogP contribution in [0.15, 0.2) is 139 Å². The summed E-state index contributed by atoms with van der Waals surface area (Å²) in [4.78, 5) is 47.0. The minimum atomic E-state index is -1.36. The molecule has 1 radical (unpaired) electrons. The third kappa shape index (κ3) is 8.97. The Kier molecular flexibility index (Phi) is 13.9. The minimum absolute atomic E-state index is 0. The molecular weight excluding hydrogens is 691 g/mol. The second kappa shape index (κ2) is 17.8. The quantitative estimate of drug-likeness (QED) is 0.162. The Morgan fingerprint density at radius 3 is 1.20 bits per heavy atom. The first kappa shape index (κ1) is 39.0. The fraction of sp³-hybridized carbons (Fsp3) is 0.0588. The zero-order valence-electron chi connectivity index (χ0n) is 26.8. The topological polar surface area (TPSA) is 202 Å². The molecule has 0 bridgehead atoms. The van der Waals surface area contributed by atoms with Crippen molar-refractivity contribution < 1.29 is 66.7 Å². The number of carboxylic acid groups (broad SMARTS) is 2. The first-order valence-corrected chi connectivity index (χ1v) is 14.2. The van der Waals surface area contributed by atoms with E-state index in [0.717, 1.165) is 0 Å². The van der Waals surface area contributed by atoms with Crippen LogP contribution in [0.2, 0.25) is 0 Å². The van der Waals surface area contributed by atoms with E-state index in [4.69, 9.17) is 0 Å². The Morgan fingerprint density at radius 2 is 0.860 bits per heavy atom. The number of aromatic nitrogens is 4. The Hall–Kier alpha value is -5.43. The predicted molar refractivity (Wildman–Crippen MR) is 170 cm³/mol. The first-order chi connectivity index (χ1) is 23.2. The molecule has 0 fully saturated rings. The van der Waals surface area contributed by atoms with Gasteiger partial charge in [0, 0.05) is 22.5 Å². The van der Waals surface area contributed by atoms with Gasteiger partial charge in [-0.3, -0.25) is 9.59 Å². The molecule has 2 aromatic heterocycles. The van der Waals surface area contributed by atoms with Crippen LogP contribution in [0.25, 0.3) is 11.4 Å². The van der Waals surface area contributed by atoms with Gasteiger partial charge in [-0.1, -0.05) is 86.6 Å². The van der Waals surface area contributed by atoms with E-state index in [1.807, 2.05) is 12.1 Å². The van der Waals surface area contributed by atoms with Gasteiger partial charge in [0.25, 0.3) is 11.1 Å². The monoisotopic (exact) mass is 715 g/mol. The maximum Gasteiger partial charge on any atom is 3.00 e. The third-order valence-electron chi connectivity index (χ3n) is 6.74. The SMILES string of the molecule is Cc1[n-]n(-c2ccccc2)c(=O)c1N=Nc1ccccc1C(=O)[O-].Cc1[n-]n(-c2ccccc2)c(=O)c1N=Nc1ccccc1C(=O)[O-].[Cr+3].[Na+]. The minimum Gasteiger partial charge on any atom is -0.589 e. The molecule has 4 aromatic carbocycles. The van der Waals surface area contributed by atoms with E-state index in [1.54, 1.807) is 86.6 Å². The van der Waals surface area contributed by atoms with E-state index in [1.165, 1.54) is 33.6 Å². The van der Waals surface area contributed by atoms with Crippen molar-refractivity contribution in [3.05, 3.63) is 152 Å². The van der Waals surface area contributed by atoms with Gasteiger partial charge in [0.15, 0.2) is 0 Å². The van der Waals surface area contributed by atoms with Crippen molar-refractivity contribution in [2.45, 2.75) is 13.8 Å². The van der Waals surface area contributed by atoms with E-state index in [9.17, 15) is 29.4 Å². The molecule has 0 aliphatic rings. The molecule has 0 saturated carbocycles. The zero-order valence-corrected chi connectivity index (χ0v) is 30.1. The number of azo groups is 2. The summed E-state index contributed by atoms with van der Waals surface area (Å²) in [6.07, 6.45) is 0. The summed E-state index contributed by atoms with van der Waals surface area (Å²) in [5, 5.41) is 46.0. The molecule has 0 N–H and O–H groups in total. The number of carbonyl (C=O) groups is 2. The number of rotatable bonds is 8. The van der Waals surface area contributed by atoms with Crippen LogP contribution in [-0.2, 0) is 17.4 Å². The van der Waals surface area contributed by atoms with Gasteiger partial charge < -0.3 is 39.4 Å². The van der Waals surface area contributed by atoms with Crippen LogP contribution in [0.3, 0.4) is 0 Å². The van der Waals surface area contributed by atoms with Gasteiger partial charge in [-0.15, -0.1) is 31.8 Å². The van der Waals surface area contributed by atoms with Crippen LogP contribution in [-0.4, -0.2) is 21.3 Å². The van der Waals surface area contributed by atoms with Gasteiger partial charge in [0.05, 0.1) is 23.3 Å². The largest absolute Gasteiger partial charge is 3.00 e. The molecule has 0 unspecified atom stereocenters. The van der Waals surface area contributed by atoms with Crippen molar-refractivity contribution in [3.8, 4) is 11.4 Å². The summed E-state index contributed by atoms with van der Waals surface area (Å²) in [5.74, 6) is -2.72. The Morgan fingerprint density at radius 1 is 0.540 bits per heavy atom. The van der Waals surface area contributed by atoms with Crippen LogP contribution in [0.4, 0.5) is 22.7 Å². The molecule has 16 heteroatoms. The normalized spacial score (nSPS) is 10.6. The van der Waals surface area contributed by atoms with Crippen LogP contribution < -0.4 is 61.1 Å². The fourth-order valence-corrected chi connectivity index (χ4v) is 4.39. The molecule has 50 heavy (non-hydrogen) atoms. The number of para-hydroxylation sites is 2.